The fourth-order valence-corrected chi connectivity index (χ4v) is 1.68. The van der Waals surface area contributed by atoms with E-state index in [1.54, 1.807) is 19.1 Å². The van der Waals surface area contributed by atoms with Crippen LogP contribution in [0.3, 0.4) is 0 Å². The van der Waals surface area contributed by atoms with Gasteiger partial charge in [0.05, 0.1) is 16.2 Å². The van der Waals surface area contributed by atoms with Crippen molar-refractivity contribution in [3.63, 3.8) is 0 Å². The molecule has 0 radical (unpaired) electrons. The number of aryl methyl sites for hydroxylation is 1. The summed E-state index contributed by atoms with van der Waals surface area (Å²) in [5.74, 6) is 0.357. The van der Waals surface area contributed by atoms with Crippen LogP contribution in [0, 0.1) is 24.0 Å². The average molecular weight is 232 g/mol. The first-order valence-electron chi connectivity index (χ1n) is 5.06. The van der Waals surface area contributed by atoms with Gasteiger partial charge in [0.2, 0.25) is 0 Å². The Kier molecular flexibility index (Phi) is 2.55. The summed E-state index contributed by atoms with van der Waals surface area (Å²) in [6.07, 6.45) is 0. The minimum atomic E-state index is -0.411. The second kappa shape index (κ2) is 3.89. The Labute approximate surface area is 97.6 Å². The Morgan fingerprint density at radius 2 is 2.12 bits per heavy atom. The molecule has 0 aliphatic carbocycles. The van der Waals surface area contributed by atoms with Gasteiger partial charge < -0.3 is 5.73 Å². The van der Waals surface area contributed by atoms with Gasteiger partial charge in [0.25, 0.3) is 5.69 Å². The first kappa shape index (κ1) is 11.1. The van der Waals surface area contributed by atoms with Gasteiger partial charge in [-0.05, 0) is 25.5 Å². The van der Waals surface area contributed by atoms with E-state index in [-0.39, 0.29) is 5.69 Å². The number of nitrogens with two attached hydrogens (primary N) is 1. The summed E-state index contributed by atoms with van der Waals surface area (Å²) in [5.41, 5.74) is 8.44. The van der Waals surface area contributed by atoms with Crippen molar-refractivity contribution >= 4 is 11.5 Å². The third kappa shape index (κ3) is 1.84. The Balaban J connectivity index is 2.69. The molecule has 1 aromatic carbocycles. The highest BCUT2D eigenvalue weighted by molar-refractivity contribution is 5.76. The number of nitrogens with one attached hydrogen (secondary N) is 1. The number of nitro groups is 1. The molecule has 0 aliphatic heterocycles. The molecule has 2 rings (SSSR count). The molecule has 6 nitrogen and oxygen atoms in total. The summed E-state index contributed by atoms with van der Waals surface area (Å²) in [6, 6.07) is 4.94. The molecule has 2 aromatic rings. The number of hydrogen-bond donors (Lipinski definition) is 2. The third-order valence-electron chi connectivity index (χ3n) is 2.67. The normalized spacial score (nSPS) is 10.5. The molecule has 17 heavy (non-hydrogen) atoms. The maximum absolute atomic E-state index is 11.0. The predicted octanol–water partition coefficient (Wildman–Crippen LogP) is 2.18. The number of aromatic nitrogens is 2. The summed E-state index contributed by atoms with van der Waals surface area (Å²) < 4.78 is 0. The van der Waals surface area contributed by atoms with Crippen LogP contribution in [0.2, 0.25) is 0 Å². The highest BCUT2D eigenvalue weighted by Crippen LogP contribution is 2.32. The van der Waals surface area contributed by atoms with Gasteiger partial charge in [0.15, 0.2) is 0 Å². The lowest BCUT2D eigenvalue weighted by Crippen LogP contribution is -1.94. The molecule has 1 heterocycles. The lowest BCUT2D eigenvalue weighted by atomic mass is 10.0. The molecule has 0 saturated carbocycles. The van der Waals surface area contributed by atoms with E-state index in [0.717, 1.165) is 11.1 Å². The molecular formula is C11H12N4O2. The highest BCUT2D eigenvalue weighted by atomic mass is 16.6. The molecule has 0 atom stereocenters. The minimum Gasteiger partial charge on any atom is -0.382 e. The second-order valence-electron chi connectivity index (χ2n) is 3.89. The molecule has 0 bridgehead atoms. The van der Waals surface area contributed by atoms with Gasteiger partial charge in [-0.25, -0.2) is 0 Å². The van der Waals surface area contributed by atoms with Crippen molar-refractivity contribution in [2.24, 2.45) is 0 Å². The van der Waals surface area contributed by atoms with Crippen molar-refractivity contribution in [2.75, 3.05) is 5.73 Å². The predicted molar refractivity (Wildman–Crippen MR) is 64.6 cm³/mol. The fourth-order valence-electron chi connectivity index (χ4n) is 1.68. The second-order valence-corrected chi connectivity index (χ2v) is 3.89. The summed E-state index contributed by atoms with van der Waals surface area (Å²) in [4.78, 5) is 10.6. The van der Waals surface area contributed by atoms with E-state index in [1.807, 2.05) is 6.92 Å². The highest BCUT2D eigenvalue weighted by Gasteiger charge is 2.19. The number of nitro benzene ring substituents is 1. The molecule has 0 unspecified atom stereocenters. The van der Waals surface area contributed by atoms with Gasteiger partial charge in [-0.3, -0.25) is 15.2 Å². The molecule has 6 heteroatoms. The number of aromatic amines is 1. The van der Waals surface area contributed by atoms with Crippen molar-refractivity contribution in [1.82, 2.24) is 10.2 Å². The van der Waals surface area contributed by atoms with Crippen molar-refractivity contribution in [3.8, 4) is 11.3 Å². The largest absolute Gasteiger partial charge is 0.382 e. The number of benzene rings is 1. The van der Waals surface area contributed by atoms with E-state index < -0.39 is 4.92 Å². The molecule has 0 amide bonds. The van der Waals surface area contributed by atoms with Gasteiger partial charge in [0.1, 0.15) is 5.82 Å². The van der Waals surface area contributed by atoms with Crippen molar-refractivity contribution in [2.45, 2.75) is 13.8 Å². The van der Waals surface area contributed by atoms with Gasteiger partial charge in [-0.15, -0.1) is 0 Å². The molecular weight excluding hydrogens is 220 g/mol. The molecule has 3 N–H and O–H groups in total. The van der Waals surface area contributed by atoms with Crippen LogP contribution in [-0.2, 0) is 0 Å². The van der Waals surface area contributed by atoms with Crippen LogP contribution in [0.15, 0.2) is 18.2 Å². The third-order valence-corrected chi connectivity index (χ3v) is 2.67. The molecule has 0 saturated heterocycles. The average Bonchev–Trinajstić information content (AvgIpc) is 2.59. The number of hydrogen-bond acceptors (Lipinski definition) is 4. The Hall–Kier alpha value is -2.37. The molecule has 88 valence electrons. The molecule has 1 aromatic heterocycles. The monoisotopic (exact) mass is 232 g/mol. The van der Waals surface area contributed by atoms with Crippen LogP contribution in [-0.4, -0.2) is 15.1 Å². The Morgan fingerprint density at radius 3 is 2.65 bits per heavy atom. The van der Waals surface area contributed by atoms with E-state index in [0.29, 0.717) is 17.1 Å². The van der Waals surface area contributed by atoms with Crippen LogP contribution < -0.4 is 5.73 Å². The molecule has 0 aliphatic rings. The van der Waals surface area contributed by atoms with E-state index in [9.17, 15) is 10.1 Å². The minimum absolute atomic E-state index is 0.0438. The maximum Gasteiger partial charge on any atom is 0.278 e. The van der Waals surface area contributed by atoms with Gasteiger partial charge in [-0.2, -0.15) is 5.10 Å². The SMILES string of the molecule is Cc1ccc([N+](=O)[O-])c(-c2[nH]nc(N)c2C)c1. The summed E-state index contributed by atoms with van der Waals surface area (Å²) in [7, 11) is 0. The van der Waals surface area contributed by atoms with Crippen LogP contribution >= 0.6 is 0 Å². The fraction of sp³-hybridized carbons (Fsp3) is 0.182. The first-order chi connectivity index (χ1) is 8.00. The van der Waals surface area contributed by atoms with E-state index in [2.05, 4.69) is 10.2 Å². The molecule has 0 spiro atoms. The first-order valence-corrected chi connectivity index (χ1v) is 5.06. The lowest BCUT2D eigenvalue weighted by Gasteiger charge is -2.03. The van der Waals surface area contributed by atoms with Crippen molar-refractivity contribution in [3.05, 3.63) is 39.4 Å². The number of H-pyrrole nitrogens is 1. The van der Waals surface area contributed by atoms with Crippen LogP contribution in [0.4, 0.5) is 11.5 Å². The number of nitrogen functional groups attached to an aromatic ring is 1. The summed E-state index contributed by atoms with van der Waals surface area (Å²) >= 11 is 0. The van der Waals surface area contributed by atoms with E-state index >= 15 is 0 Å². The lowest BCUT2D eigenvalue weighted by molar-refractivity contribution is -0.384. The van der Waals surface area contributed by atoms with Crippen molar-refractivity contribution < 1.29 is 4.92 Å². The zero-order valence-corrected chi connectivity index (χ0v) is 9.52. The summed E-state index contributed by atoms with van der Waals surface area (Å²) in [5, 5.41) is 17.6. The maximum atomic E-state index is 11.0. The van der Waals surface area contributed by atoms with Crippen LogP contribution in [0.1, 0.15) is 11.1 Å². The topological polar surface area (TPSA) is 97.8 Å². The molecule has 0 fully saturated rings. The Morgan fingerprint density at radius 1 is 1.41 bits per heavy atom. The quantitative estimate of drug-likeness (QED) is 0.612. The standard InChI is InChI=1S/C11H12N4O2/c1-6-3-4-9(15(16)17)8(5-6)10-7(2)11(12)14-13-10/h3-5H,1-2H3,(H3,12,13,14). The summed E-state index contributed by atoms with van der Waals surface area (Å²) in [6.45, 7) is 3.66. The van der Waals surface area contributed by atoms with E-state index in [4.69, 9.17) is 5.73 Å². The number of rotatable bonds is 2. The van der Waals surface area contributed by atoms with Crippen LogP contribution in [0.25, 0.3) is 11.3 Å². The van der Waals surface area contributed by atoms with E-state index in [1.165, 1.54) is 6.07 Å². The van der Waals surface area contributed by atoms with Crippen LogP contribution in [0.5, 0.6) is 0 Å². The number of anilines is 1. The van der Waals surface area contributed by atoms with Gasteiger partial charge >= 0.3 is 0 Å². The zero-order chi connectivity index (χ0) is 12.6. The Bertz CT molecular complexity index is 589. The smallest absolute Gasteiger partial charge is 0.278 e. The van der Waals surface area contributed by atoms with Gasteiger partial charge in [0, 0.05) is 11.6 Å². The van der Waals surface area contributed by atoms with Gasteiger partial charge in [-0.1, -0.05) is 6.07 Å². The van der Waals surface area contributed by atoms with Crippen molar-refractivity contribution in [1.29, 1.82) is 0 Å². The zero-order valence-electron chi connectivity index (χ0n) is 9.52. The number of nitrogens with zero attached hydrogens (tertiary/aromatic N) is 2.